The van der Waals surface area contributed by atoms with Crippen molar-refractivity contribution in [1.82, 2.24) is 10.0 Å². The van der Waals surface area contributed by atoms with Gasteiger partial charge in [0, 0.05) is 12.6 Å². The number of carbonyl (C=O) groups is 1. The Balaban J connectivity index is 0.00000288. The molecule has 1 saturated carbocycles. The van der Waals surface area contributed by atoms with Gasteiger partial charge in [-0.25, -0.2) is 13.1 Å². The van der Waals surface area contributed by atoms with Gasteiger partial charge in [0.05, 0.1) is 6.26 Å². The average molecular weight is 376 g/mol. The van der Waals surface area contributed by atoms with Crippen molar-refractivity contribution in [2.24, 2.45) is 11.7 Å². The molecule has 8 heteroatoms. The molecule has 1 fully saturated rings. The second kappa shape index (κ2) is 8.29. The number of halogens is 1. The molecule has 2 rings (SSSR count). The summed E-state index contributed by atoms with van der Waals surface area (Å²) in [5, 5.41) is 2.88. The number of hydrogen-bond acceptors (Lipinski definition) is 4. The summed E-state index contributed by atoms with van der Waals surface area (Å²) in [5.41, 5.74) is 5.81. The van der Waals surface area contributed by atoms with Crippen molar-refractivity contribution in [3.8, 4) is 0 Å². The van der Waals surface area contributed by atoms with E-state index in [0.717, 1.165) is 31.1 Å². The Kier molecular flexibility index (Phi) is 7.22. The number of hydrogen-bond donors (Lipinski definition) is 3. The largest absolute Gasteiger partial charge is 0.354 e. The number of amides is 1. The molecule has 1 aromatic rings. The topological polar surface area (TPSA) is 101 Å². The van der Waals surface area contributed by atoms with Gasteiger partial charge in [-0.05, 0) is 31.2 Å². The van der Waals surface area contributed by atoms with Crippen LogP contribution in [0.2, 0.25) is 0 Å². The molecule has 0 saturated heterocycles. The first-order chi connectivity index (χ1) is 10.7. The van der Waals surface area contributed by atoms with Crippen molar-refractivity contribution in [3.63, 3.8) is 0 Å². The van der Waals surface area contributed by atoms with Crippen molar-refractivity contribution in [2.45, 2.75) is 37.8 Å². The molecule has 3 atom stereocenters. The first-order valence-electron chi connectivity index (χ1n) is 7.80. The van der Waals surface area contributed by atoms with Crippen molar-refractivity contribution in [3.05, 3.63) is 35.9 Å². The SMILES string of the molecule is CC(N)(C(=O)NCC1CCCC1NS(C)(=O)=O)c1ccccc1.Cl. The quantitative estimate of drug-likeness (QED) is 0.693. The van der Waals surface area contributed by atoms with E-state index in [-0.39, 0.29) is 30.3 Å². The normalized spacial score (nSPS) is 23.1. The molecule has 0 heterocycles. The Morgan fingerprint density at radius 1 is 1.29 bits per heavy atom. The summed E-state index contributed by atoms with van der Waals surface area (Å²) >= 11 is 0. The molecule has 0 aromatic heterocycles. The van der Waals surface area contributed by atoms with Crippen LogP contribution in [-0.2, 0) is 20.4 Å². The van der Waals surface area contributed by atoms with E-state index in [9.17, 15) is 13.2 Å². The molecule has 0 aliphatic heterocycles. The van der Waals surface area contributed by atoms with Gasteiger partial charge in [-0.1, -0.05) is 36.8 Å². The maximum absolute atomic E-state index is 12.4. The van der Waals surface area contributed by atoms with Gasteiger partial charge < -0.3 is 11.1 Å². The first kappa shape index (κ1) is 20.9. The average Bonchev–Trinajstić information content (AvgIpc) is 2.90. The lowest BCUT2D eigenvalue weighted by atomic mass is 9.92. The molecule has 1 aliphatic carbocycles. The van der Waals surface area contributed by atoms with Crippen LogP contribution in [0.5, 0.6) is 0 Å². The van der Waals surface area contributed by atoms with Gasteiger partial charge >= 0.3 is 0 Å². The van der Waals surface area contributed by atoms with Crippen LogP contribution in [0.1, 0.15) is 31.7 Å². The van der Waals surface area contributed by atoms with Crippen molar-refractivity contribution < 1.29 is 13.2 Å². The number of nitrogens with two attached hydrogens (primary N) is 1. The molecule has 1 aliphatic rings. The van der Waals surface area contributed by atoms with E-state index in [0.29, 0.717) is 6.54 Å². The van der Waals surface area contributed by atoms with Gasteiger partial charge in [0.15, 0.2) is 0 Å². The Morgan fingerprint density at radius 3 is 2.50 bits per heavy atom. The van der Waals surface area contributed by atoms with Gasteiger partial charge in [-0.2, -0.15) is 0 Å². The molecule has 1 aromatic carbocycles. The van der Waals surface area contributed by atoms with Gasteiger partial charge in [-0.3, -0.25) is 4.79 Å². The number of benzene rings is 1. The summed E-state index contributed by atoms with van der Waals surface area (Å²) in [7, 11) is -3.24. The van der Waals surface area contributed by atoms with Crippen molar-refractivity contribution in [1.29, 1.82) is 0 Å². The van der Waals surface area contributed by atoms with E-state index in [1.165, 1.54) is 0 Å². The fraction of sp³-hybridized carbons (Fsp3) is 0.562. The summed E-state index contributed by atoms with van der Waals surface area (Å²) in [6.07, 6.45) is 3.80. The van der Waals surface area contributed by atoms with Crippen molar-refractivity contribution >= 4 is 28.3 Å². The van der Waals surface area contributed by atoms with E-state index >= 15 is 0 Å². The predicted molar refractivity (Wildman–Crippen MR) is 97.3 cm³/mol. The van der Waals surface area contributed by atoms with Crippen LogP contribution in [0.15, 0.2) is 30.3 Å². The molecule has 0 radical (unpaired) electrons. The zero-order valence-corrected chi connectivity index (χ0v) is 15.6. The van der Waals surface area contributed by atoms with Crippen LogP contribution >= 0.6 is 12.4 Å². The second-order valence-corrected chi connectivity index (χ2v) is 8.25. The van der Waals surface area contributed by atoms with Gasteiger partial charge in [-0.15, -0.1) is 12.4 Å². The summed E-state index contributed by atoms with van der Waals surface area (Å²) in [6.45, 7) is 2.10. The van der Waals surface area contributed by atoms with E-state index in [2.05, 4.69) is 10.0 Å². The van der Waals surface area contributed by atoms with Crippen LogP contribution in [0, 0.1) is 5.92 Å². The molecule has 1 amide bonds. The zero-order chi connectivity index (χ0) is 17.1. The highest BCUT2D eigenvalue weighted by molar-refractivity contribution is 7.88. The molecule has 0 bridgehead atoms. The molecule has 136 valence electrons. The first-order valence-corrected chi connectivity index (χ1v) is 9.69. The molecule has 0 spiro atoms. The van der Waals surface area contributed by atoms with E-state index in [4.69, 9.17) is 5.73 Å². The highest BCUT2D eigenvalue weighted by atomic mass is 35.5. The lowest BCUT2D eigenvalue weighted by Gasteiger charge is -2.26. The van der Waals surface area contributed by atoms with Crippen LogP contribution in [0.4, 0.5) is 0 Å². The van der Waals surface area contributed by atoms with Gasteiger partial charge in [0.1, 0.15) is 5.54 Å². The number of carbonyl (C=O) groups excluding carboxylic acids is 1. The second-order valence-electron chi connectivity index (χ2n) is 6.47. The third-order valence-electron chi connectivity index (χ3n) is 4.39. The van der Waals surface area contributed by atoms with E-state index in [1.807, 2.05) is 30.3 Å². The minimum atomic E-state index is -3.24. The molecule has 3 unspecified atom stereocenters. The Hall–Kier alpha value is -1.15. The standard InChI is InChI=1S/C16H25N3O3S.ClH/c1-16(17,13-8-4-3-5-9-13)15(20)18-11-12-7-6-10-14(12)19-23(2,21)22;/h3-5,8-9,12,14,19H,6-7,10-11,17H2,1-2H3,(H,18,20);1H. The van der Waals surface area contributed by atoms with Crippen LogP contribution in [-0.4, -0.2) is 33.2 Å². The monoisotopic (exact) mass is 375 g/mol. The summed E-state index contributed by atoms with van der Waals surface area (Å²) in [4.78, 5) is 12.4. The minimum Gasteiger partial charge on any atom is -0.354 e. The summed E-state index contributed by atoms with van der Waals surface area (Å²) in [6, 6.07) is 9.09. The van der Waals surface area contributed by atoms with Crippen LogP contribution in [0.3, 0.4) is 0 Å². The number of nitrogens with one attached hydrogen (secondary N) is 2. The number of rotatable bonds is 6. The van der Waals surface area contributed by atoms with Gasteiger partial charge in [0.25, 0.3) is 0 Å². The molecule has 6 nitrogen and oxygen atoms in total. The fourth-order valence-corrected chi connectivity index (χ4v) is 3.89. The van der Waals surface area contributed by atoms with Crippen LogP contribution < -0.4 is 15.8 Å². The lowest BCUT2D eigenvalue weighted by molar-refractivity contribution is -0.126. The zero-order valence-electron chi connectivity index (χ0n) is 14.0. The van der Waals surface area contributed by atoms with E-state index < -0.39 is 15.6 Å². The Bertz CT molecular complexity index is 650. The highest BCUT2D eigenvalue weighted by Crippen LogP contribution is 2.26. The summed E-state index contributed by atoms with van der Waals surface area (Å²) in [5.74, 6) is -0.158. The van der Waals surface area contributed by atoms with Crippen molar-refractivity contribution in [2.75, 3.05) is 12.8 Å². The maximum Gasteiger partial charge on any atom is 0.244 e. The summed E-state index contributed by atoms with van der Waals surface area (Å²) < 4.78 is 25.4. The van der Waals surface area contributed by atoms with Gasteiger partial charge in [0.2, 0.25) is 15.9 Å². The number of sulfonamides is 1. The fourth-order valence-electron chi connectivity index (χ4n) is 3.03. The maximum atomic E-state index is 12.4. The molecular formula is C16H26ClN3O3S. The minimum absolute atomic E-state index is 0. The third kappa shape index (κ3) is 5.44. The molecule has 24 heavy (non-hydrogen) atoms. The molecule has 4 N–H and O–H groups in total. The highest BCUT2D eigenvalue weighted by Gasteiger charge is 2.33. The Labute approximate surface area is 150 Å². The van der Waals surface area contributed by atoms with Crippen LogP contribution in [0.25, 0.3) is 0 Å². The molecular weight excluding hydrogens is 350 g/mol. The lowest BCUT2D eigenvalue weighted by Crippen LogP contribution is -2.51. The predicted octanol–water partition coefficient (Wildman–Crippen LogP) is 1.12. The third-order valence-corrected chi connectivity index (χ3v) is 5.13. The Morgan fingerprint density at radius 2 is 1.92 bits per heavy atom. The smallest absolute Gasteiger partial charge is 0.244 e. The van der Waals surface area contributed by atoms with E-state index in [1.54, 1.807) is 6.92 Å².